The molecule has 1 atom stereocenters. The molecule has 24 heavy (non-hydrogen) atoms. The summed E-state index contributed by atoms with van der Waals surface area (Å²) in [6.45, 7) is 3.84. The number of anilines is 1. The number of hydrogen-bond donors (Lipinski definition) is 1. The highest BCUT2D eigenvalue weighted by Crippen LogP contribution is 2.24. The van der Waals surface area contributed by atoms with Crippen molar-refractivity contribution in [2.24, 2.45) is 0 Å². The summed E-state index contributed by atoms with van der Waals surface area (Å²) in [4.78, 5) is 6.24. The van der Waals surface area contributed by atoms with E-state index in [4.69, 9.17) is 9.47 Å². The van der Waals surface area contributed by atoms with Crippen LogP contribution in [0.3, 0.4) is 0 Å². The molecule has 0 aliphatic carbocycles. The van der Waals surface area contributed by atoms with E-state index in [9.17, 15) is 4.39 Å². The van der Waals surface area contributed by atoms with Crippen LogP contribution < -0.4 is 10.1 Å². The Bertz CT molecular complexity index is 645. The molecule has 1 aliphatic heterocycles. The number of pyridine rings is 1. The number of halogens is 1. The molecule has 1 N–H and O–H groups in total. The number of benzene rings is 1. The number of morpholine rings is 1. The number of hydrogen-bond acceptors (Lipinski definition) is 5. The fourth-order valence-electron chi connectivity index (χ4n) is 2.88. The Morgan fingerprint density at radius 2 is 1.96 bits per heavy atom. The van der Waals surface area contributed by atoms with Crippen molar-refractivity contribution in [2.75, 3.05) is 45.3 Å². The Morgan fingerprint density at radius 1 is 1.21 bits per heavy atom. The first-order valence-corrected chi connectivity index (χ1v) is 8.08. The fourth-order valence-corrected chi connectivity index (χ4v) is 2.88. The molecule has 0 amide bonds. The minimum atomic E-state index is -0.479. The second-order valence-electron chi connectivity index (χ2n) is 5.66. The second-order valence-corrected chi connectivity index (χ2v) is 5.66. The second kappa shape index (κ2) is 8.08. The molecule has 3 rings (SSSR count). The largest absolute Gasteiger partial charge is 0.497 e. The van der Waals surface area contributed by atoms with Crippen LogP contribution in [0.15, 0.2) is 42.5 Å². The van der Waals surface area contributed by atoms with Gasteiger partial charge in [-0.05, 0) is 29.8 Å². The van der Waals surface area contributed by atoms with Crippen molar-refractivity contribution in [3.05, 3.63) is 54.0 Å². The molecule has 1 aromatic carbocycles. The number of nitrogens with one attached hydrogen (secondary N) is 1. The molecule has 0 saturated carbocycles. The van der Waals surface area contributed by atoms with Crippen LogP contribution in [0.4, 0.5) is 10.2 Å². The van der Waals surface area contributed by atoms with Crippen molar-refractivity contribution < 1.29 is 13.9 Å². The number of methoxy groups -OCH3 is 1. The van der Waals surface area contributed by atoms with Gasteiger partial charge >= 0.3 is 0 Å². The third kappa shape index (κ3) is 4.21. The van der Waals surface area contributed by atoms with Gasteiger partial charge in [0.15, 0.2) is 0 Å². The summed E-state index contributed by atoms with van der Waals surface area (Å²) < 4.78 is 24.0. The minimum Gasteiger partial charge on any atom is -0.497 e. The van der Waals surface area contributed by atoms with E-state index in [1.54, 1.807) is 19.2 Å². The molecule has 1 unspecified atom stereocenters. The Morgan fingerprint density at radius 3 is 2.62 bits per heavy atom. The summed E-state index contributed by atoms with van der Waals surface area (Å²) in [6.07, 6.45) is 0. The van der Waals surface area contributed by atoms with E-state index >= 15 is 0 Å². The maximum absolute atomic E-state index is 13.3. The predicted octanol–water partition coefficient (Wildman–Crippen LogP) is 2.71. The van der Waals surface area contributed by atoms with Gasteiger partial charge in [0, 0.05) is 19.6 Å². The van der Waals surface area contributed by atoms with Gasteiger partial charge in [0.2, 0.25) is 5.95 Å². The third-order valence-corrected chi connectivity index (χ3v) is 4.18. The molecular formula is C18H22FN3O2. The van der Waals surface area contributed by atoms with Crippen LogP contribution in [0.2, 0.25) is 0 Å². The minimum absolute atomic E-state index is 0.157. The van der Waals surface area contributed by atoms with E-state index in [-0.39, 0.29) is 6.04 Å². The molecule has 2 aromatic rings. The molecule has 0 spiro atoms. The maximum Gasteiger partial charge on any atom is 0.214 e. The molecule has 1 aliphatic rings. The van der Waals surface area contributed by atoms with Crippen LogP contribution in [-0.4, -0.2) is 49.8 Å². The van der Waals surface area contributed by atoms with Crippen LogP contribution in [0.5, 0.6) is 5.75 Å². The summed E-state index contributed by atoms with van der Waals surface area (Å²) in [6, 6.07) is 13.0. The quantitative estimate of drug-likeness (QED) is 0.825. The lowest BCUT2D eigenvalue weighted by Gasteiger charge is -2.35. The average Bonchev–Trinajstić information content (AvgIpc) is 2.63. The molecule has 1 aromatic heterocycles. The number of rotatable bonds is 6. The fraction of sp³-hybridized carbons (Fsp3) is 0.389. The van der Waals surface area contributed by atoms with Crippen LogP contribution in [-0.2, 0) is 4.74 Å². The first-order chi connectivity index (χ1) is 11.8. The van der Waals surface area contributed by atoms with Gasteiger partial charge in [-0.2, -0.15) is 4.39 Å². The van der Waals surface area contributed by atoms with E-state index in [2.05, 4.69) is 27.3 Å². The van der Waals surface area contributed by atoms with E-state index in [1.807, 2.05) is 12.1 Å². The first-order valence-electron chi connectivity index (χ1n) is 8.08. The van der Waals surface area contributed by atoms with Gasteiger partial charge in [-0.15, -0.1) is 0 Å². The standard InChI is InChI=1S/C18H22FN3O2/c1-23-15-7-5-14(6-8-15)16(22-9-11-24-12-10-22)13-20-18-4-2-3-17(19)21-18/h2-8,16H,9-13H2,1H3,(H,20,21). The molecule has 2 heterocycles. The van der Waals surface area contributed by atoms with Gasteiger partial charge in [0.25, 0.3) is 0 Å². The third-order valence-electron chi connectivity index (χ3n) is 4.18. The number of nitrogens with zero attached hydrogens (tertiary/aromatic N) is 2. The van der Waals surface area contributed by atoms with Crippen molar-refractivity contribution in [3.8, 4) is 5.75 Å². The number of ether oxygens (including phenoxy) is 2. The van der Waals surface area contributed by atoms with Crippen molar-refractivity contribution >= 4 is 5.82 Å². The molecule has 0 bridgehead atoms. The highest BCUT2D eigenvalue weighted by atomic mass is 19.1. The summed E-state index contributed by atoms with van der Waals surface area (Å²) in [5.74, 6) is 0.897. The van der Waals surface area contributed by atoms with E-state index in [0.717, 1.165) is 32.1 Å². The van der Waals surface area contributed by atoms with Crippen LogP contribution in [0.1, 0.15) is 11.6 Å². The Hall–Kier alpha value is -2.18. The lowest BCUT2D eigenvalue weighted by atomic mass is 10.0. The SMILES string of the molecule is COc1ccc(C(CNc2cccc(F)n2)N2CCOCC2)cc1. The monoisotopic (exact) mass is 331 g/mol. The highest BCUT2D eigenvalue weighted by molar-refractivity contribution is 5.35. The Labute approximate surface area is 141 Å². The zero-order valence-electron chi connectivity index (χ0n) is 13.7. The van der Waals surface area contributed by atoms with Crippen molar-refractivity contribution in [2.45, 2.75) is 6.04 Å². The van der Waals surface area contributed by atoms with E-state index in [0.29, 0.717) is 12.4 Å². The molecule has 1 saturated heterocycles. The van der Waals surface area contributed by atoms with Crippen LogP contribution in [0, 0.1) is 5.95 Å². The van der Waals surface area contributed by atoms with Gasteiger partial charge in [-0.1, -0.05) is 18.2 Å². The summed E-state index contributed by atoms with van der Waals surface area (Å²) in [5.41, 5.74) is 1.18. The van der Waals surface area contributed by atoms with Gasteiger partial charge < -0.3 is 14.8 Å². The average molecular weight is 331 g/mol. The lowest BCUT2D eigenvalue weighted by molar-refractivity contribution is 0.0187. The van der Waals surface area contributed by atoms with E-state index < -0.39 is 5.95 Å². The highest BCUT2D eigenvalue weighted by Gasteiger charge is 2.22. The lowest BCUT2D eigenvalue weighted by Crippen LogP contribution is -2.41. The van der Waals surface area contributed by atoms with E-state index in [1.165, 1.54) is 11.6 Å². The summed E-state index contributed by atoms with van der Waals surface area (Å²) >= 11 is 0. The maximum atomic E-state index is 13.3. The van der Waals surface area contributed by atoms with Crippen molar-refractivity contribution in [1.82, 2.24) is 9.88 Å². The van der Waals surface area contributed by atoms with Gasteiger partial charge in [0.05, 0.1) is 26.4 Å². The molecule has 1 fully saturated rings. The normalized spacial score (nSPS) is 16.6. The van der Waals surface area contributed by atoms with Gasteiger partial charge in [-0.25, -0.2) is 4.98 Å². The molecular weight excluding hydrogens is 309 g/mol. The molecule has 128 valence electrons. The van der Waals surface area contributed by atoms with Crippen LogP contribution >= 0.6 is 0 Å². The van der Waals surface area contributed by atoms with Gasteiger partial charge in [-0.3, -0.25) is 4.90 Å². The zero-order chi connectivity index (χ0) is 16.8. The van der Waals surface area contributed by atoms with Crippen LogP contribution in [0.25, 0.3) is 0 Å². The predicted molar refractivity (Wildman–Crippen MR) is 90.8 cm³/mol. The van der Waals surface area contributed by atoms with Gasteiger partial charge in [0.1, 0.15) is 11.6 Å². The zero-order valence-corrected chi connectivity index (χ0v) is 13.7. The summed E-state index contributed by atoms with van der Waals surface area (Å²) in [5, 5.41) is 3.25. The van der Waals surface area contributed by atoms with Crippen molar-refractivity contribution in [1.29, 1.82) is 0 Å². The van der Waals surface area contributed by atoms with Crippen molar-refractivity contribution in [3.63, 3.8) is 0 Å². The Balaban J connectivity index is 1.75. The smallest absolute Gasteiger partial charge is 0.214 e. The first kappa shape index (κ1) is 16.7. The summed E-state index contributed by atoms with van der Waals surface area (Å²) in [7, 11) is 1.66. The Kier molecular flexibility index (Phi) is 5.61. The molecule has 6 heteroatoms. The number of aromatic nitrogens is 1. The molecule has 0 radical (unpaired) electrons. The molecule has 5 nitrogen and oxygen atoms in total. The topological polar surface area (TPSA) is 46.6 Å².